The van der Waals surface area contributed by atoms with E-state index in [1.54, 1.807) is 10.4 Å². The molecule has 1 aromatic rings. The molecule has 2 N–H and O–H groups in total. The maximum absolute atomic E-state index is 12.9. The van der Waals surface area contributed by atoms with E-state index < -0.39 is 10.0 Å². The highest BCUT2D eigenvalue weighted by Gasteiger charge is 2.34. The lowest BCUT2D eigenvalue weighted by Gasteiger charge is -2.29. The minimum atomic E-state index is -3.59. The summed E-state index contributed by atoms with van der Waals surface area (Å²) in [7, 11) is 0.293. The highest BCUT2D eigenvalue weighted by Crippen LogP contribution is 2.29. The molecular weight excluding hydrogens is 288 g/mol. The number of pyridine rings is 1. The van der Waals surface area contributed by atoms with Crippen molar-refractivity contribution in [2.45, 2.75) is 36.6 Å². The van der Waals surface area contributed by atoms with Crippen LogP contribution >= 0.6 is 0 Å². The summed E-state index contributed by atoms with van der Waals surface area (Å²) in [5.41, 5.74) is 5.77. The standard InChI is InChI=1S/C14H24N4O2S/c1-17(2)10-11-18(12-6-3-4-7-12)21(19,20)13-8-5-9-16-14(13)15/h5,8-9,12H,3-4,6-7,10-11H2,1-2H3,(H2,15,16). The van der Waals surface area contributed by atoms with Gasteiger partial charge < -0.3 is 10.6 Å². The van der Waals surface area contributed by atoms with Crippen LogP contribution in [0.25, 0.3) is 0 Å². The average molecular weight is 312 g/mol. The quantitative estimate of drug-likeness (QED) is 0.852. The summed E-state index contributed by atoms with van der Waals surface area (Å²) in [4.78, 5) is 6.02. The van der Waals surface area contributed by atoms with Crippen molar-refractivity contribution in [2.24, 2.45) is 0 Å². The molecule has 118 valence electrons. The zero-order valence-corrected chi connectivity index (χ0v) is 13.5. The summed E-state index contributed by atoms with van der Waals surface area (Å²) >= 11 is 0. The van der Waals surface area contributed by atoms with Gasteiger partial charge in [-0.05, 0) is 39.1 Å². The molecule has 6 nitrogen and oxygen atoms in total. The molecule has 1 saturated carbocycles. The van der Waals surface area contributed by atoms with Crippen LogP contribution in [0.3, 0.4) is 0 Å². The Kier molecular flexibility index (Phi) is 5.18. The van der Waals surface area contributed by atoms with Crippen LogP contribution in [-0.4, -0.2) is 55.8 Å². The number of hydrogen-bond donors (Lipinski definition) is 1. The first-order valence-electron chi connectivity index (χ1n) is 7.30. The van der Waals surface area contributed by atoms with Crippen molar-refractivity contribution in [1.29, 1.82) is 0 Å². The van der Waals surface area contributed by atoms with Gasteiger partial charge in [0, 0.05) is 25.3 Å². The molecular formula is C14H24N4O2S. The molecule has 1 aliphatic rings. The highest BCUT2D eigenvalue weighted by molar-refractivity contribution is 7.89. The SMILES string of the molecule is CN(C)CCN(C1CCCC1)S(=O)(=O)c1cccnc1N. The van der Waals surface area contributed by atoms with Crippen molar-refractivity contribution < 1.29 is 8.42 Å². The van der Waals surface area contributed by atoms with Gasteiger partial charge in [0.15, 0.2) is 0 Å². The van der Waals surface area contributed by atoms with Crippen LogP contribution in [0.4, 0.5) is 5.82 Å². The summed E-state index contributed by atoms with van der Waals surface area (Å²) in [6, 6.07) is 3.23. The Balaban J connectivity index is 2.32. The largest absolute Gasteiger partial charge is 0.383 e. The number of anilines is 1. The van der Waals surface area contributed by atoms with Crippen molar-refractivity contribution in [3.05, 3.63) is 18.3 Å². The predicted molar refractivity (Wildman–Crippen MR) is 83.4 cm³/mol. The molecule has 0 saturated heterocycles. The third kappa shape index (κ3) is 3.72. The maximum Gasteiger partial charge on any atom is 0.247 e. The summed E-state index contributed by atoms with van der Waals surface area (Å²) < 4.78 is 27.5. The lowest BCUT2D eigenvalue weighted by molar-refractivity contribution is 0.282. The molecule has 0 amide bonds. The van der Waals surface area contributed by atoms with Crippen molar-refractivity contribution in [2.75, 3.05) is 32.9 Å². The number of likely N-dealkylation sites (N-methyl/N-ethyl adjacent to an activating group) is 1. The summed E-state index contributed by atoms with van der Waals surface area (Å²) in [6.07, 6.45) is 5.52. The normalized spacial score (nSPS) is 17.0. The Morgan fingerprint density at radius 1 is 1.29 bits per heavy atom. The van der Waals surface area contributed by atoms with Gasteiger partial charge in [-0.15, -0.1) is 0 Å². The second kappa shape index (κ2) is 6.72. The first kappa shape index (κ1) is 16.2. The number of rotatable bonds is 6. The summed E-state index contributed by atoms with van der Waals surface area (Å²) in [5.74, 6) is 0.0744. The molecule has 0 aliphatic heterocycles. The van der Waals surface area contributed by atoms with E-state index in [-0.39, 0.29) is 16.8 Å². The lowest BCUT2D eigenvalue weighted by Crippen LogP contribution is -2.42. The number of sulfonamides is 1. The van der Waals surface area contributed by atoms with E-state index in [0.29, 0.717) is 13.1 Å². The number of hydrogen-bond acceptors (Lipinski definition) is 5. The van der Waals surface area contributed by atoms with Crippen LogP contribution in [0.5, 0.6) is 0 Å². The van der Waals surface area contributed by atoms with Gasteiger partial charge in [0.1, 0.15) is 10.7 Å². The third-order valence-electron chi connectivity index (χ3n) is 3.89. The molecule has 1 aliphatic carbocycles. The minimum absolute atomic E-state index is 0.0744. The highest BCUT2D eigenvalue weighted by atomic mass is 32.2. The van der Waals surface area contributed by atoms with Gasteiger partial charge in [-0.1, -0.05) is 12.8 Å². The van der Waals surface area contributed by atoms with Crippen molar-refractivity contribution in [3.63, 3.8) is 0 Å². The molecule has 0 radical (unpaired) electrons. The van der Waals surface area contributed by atoms with E-state index in [0.717, 1.165) is 25.7 Å². The van der Waals surface area contributed by atoms with Gasteiger partial charge in [-0.3, -0.25) is 0 Å². The number of nitrogens with two attached hydrogens (primary N) is 1. The van der Waals surface area contributed by atoms with Gasteiger partial charge in [0.25, 0.3) is 0 Å². The Bertz CT molecular complexity index is 568. The first-order valence-corrected chi connectivity index (χ1v) is 8.74. The van der Waals surface area contributed by atoms with Crippen molar-refractivity contribution in [1.82, 2.24) is 14.2 Å². The van der Waals surface area contributed by atoms with E-state index in [1.807, 2.05) is 19.0 Å². The van der Waals surface area contributed by atoms with Gasteiger partial charge >= 0.3 is 0 Å². The molecule has 0 atom stereocenters. The average Bonchev–Trinajstić information content (AvgIpc) is 2.92. The second-order valence-corrected chi connectivity index (χ2v) is 7.60. The van der Waals surface area contributed by atoms with Gasteiger partial charge in [0.05, 0.1) is 0 Å². The monoisotopic (exact) mass is 312 g/mol. The van der Waals surface area contributed by atoms with Gasteiger partial charge in [0.2, 0.25) is 10.0 Å². The fourth-order valence-corrected chi connectivity index (χ4v) is 4.48. The van der Waals surface area contributed by atoms with Crippen LogP contribution in [-0.2, 0) is 10.0 Å². The zero-order chi connectivity index (χ0) is 15.5. The van der Waals surface area contributed by atoms with Gasteiger partial charge in [-0.2, -0.15) is 4.31 Å². The molecule has 2 rings (SSSR count). The molecule has 21 heavy (non-hydrogen) atoms. The number of aromatic nitrogens is 1. The molecule has 0 aromatic carbocycles. The zero-order valence-electron chi connectivity index (χ0n) is 12.7. The molecule has 1 heterocycles. The van der Waals surface area contributed by atoms with E-state index in [2.05, 4.69) is 4.98 Å². The topological polar surface area (TPSA) is 79.5 Å². The first-order chi connectivity index (χ1) is 9.93. The lowest BCUT2D eigenvalue weighted by atomic mass is 10.2. The number of nitrogen functional groups attached to an aromatic ring is 1. The van der Waals surface area contributed by atoms with Crippen LogP contribution in [0.15, 0.2) is 23.2 Å². The molecule has 0 spiro atoms. The number of nitrogens with zero attached hydrogens (tertiary/aromatic N) is 3. The van der Waals surface area contributed by atoms with Crippen LogP contribution in [0.2, 0.25) is 0 Å². The fraction of sp³-hybridized carbons (Fsp3) is 0.643. The Morgan fingerprint density at radius 3 is 2.52 bits per heavy atom. The summed E-state index contributed by atoms with van der Waals surface area (Å²) in [6.45, 7) is 1.17. The Labute approximate surface area is 127 Å². The molecule has 7 heteroatoms. The van der Waals surface area contributed by atoms with Crippen LogP contribution in [0.1, 0.15) is 25.7 Å². The Hall–Kier alpha value is -1.18. The Morgan fingerprint density at radius 2 is 1.95 bits per heavy atom. The molecule has 1 fully saturated rings. The minimum Gasteiger partial charge on any atom is -0.383 e. The van der Waals surface area contributed by atoms with E-state index >= 15 is 0 Å². The fourth-order valence-electron chi connectivity index (χ4n) is 2.74. The molecule has 0 unspecified atom stereocenters. The second-order valence-electron chi connectivity index (χ2n) is 5.74. The van der Waals surface area contributed by atoms with E-state index in [9.17, 15) is 8.42 Å². The van der Waals surface area contributed by atoms with E-state index in [1.165, 1.54) is 12.3 Å². The van der Waals surface area contributed by atoms with Crippen molar-refractivity contribution in [3.8, 4) is 0 Å². The third-order valence-corrected chi connectivity index (χ3v) is 5.89. The molecule has 0 bridgehead atoms. The van der Waals surface area contributed by atoms with Crippen LogP contribution in [0, 0.1) is 0 Å². The predicted octanol–water partition coefficient (Wildman–Crippen LogP) is 1.16. The molecule has 1 aromatic heterocycles. The maximum atomic E-state index is 12.9. The van der Waals surface area contributed by atoms with E-state index in [4.69, 9.17) is 5.73 Å². The summed E-state index contributed by atoms with van der Waals surface area (Å²) in [5, 5.41) is 0. The smallest absolute Gasteiger partial charge is 0.247 e. The van der Waals surface area contributed by atoms with Crippen molar-refractivity contribution >= 4 is 15.8 Å². The van der Waals surface area contributed by atoms with Gasteiger partial charge in [-0.25, -0.2) is 13.4 Å². The van der Waals surface area contributed by atoms with Crippen LogP contribution < -0.4 is 5.73 Å².